The molecule has 144 valence electrons. The maximum absolute atomic E-state index is 12.4. The van der Waals surface area contributed by atoms with E-state index in [0.29, 0.717) is 39.5 Å². The van der Waals surface area contributed by atoms with Gasteiger partial charge in [0.25, 0.3) is 11.2 Å². The van der Waals surface area contributed by atoms with Crippen LogP contribution in [0.15, 0.2) is 30.0 Å². The van der Waals surface area contributed by atoms with Crippen LogP contribution in [0.1, 0.15) is 51.5 Å². The lowest BCUT2D eigenvalue weighted by atomic mass is 9.45. The molecule has 5 rings (SSSR count). The summed E-state index contributed by atoms with van der Waals surface area (Å²) in [6, 6.07) is 7.33. The quantitative estimate of drug-likeness (QED) is 0.733. The van der Waals surface area contributed by atoms with E-state index in [-0.39, 0.29) is 17.7 Å². The van der Waals surface area contributed by atoms with Gasteiger partial charge in [0.1, 0.15) is 0 Å². The Kier molecular flexibility index (Phi) is 4.66. The van der Waals surface area contributed by atoms with Crippen molar-refractivity contribution in [2.75, 3.05) is 0 Å². The van der Waals surface area contributed by atoms with E-state index in [1.54, 1.807) is 12.1 Å². The number of nitrogens with zero attached hydrogens (tertiary/aromatic N) is 1. The SMILES string of the molecule is C[C@@H]1[C@H]2C[C@@H](C[C@H]1O[C@H]1C[C@@H](c3ccc(Cl)cc3)C(=C=N)[N+](=O)O1)C2(C)C. The molecule has 1 heterocycles. The van der Waals surface area contributed by atoms with Crippen molar-refractivity contribution in [3.05, 3.63) is 45.5 Å². The number of allylic oxidation sites excluding steroid dienone is 1. The fourth-order valence-electron chi connectivity index (χ4n) is 5.32. The summed E-state index contributed by atoms with van der Waals surface area (Å²) in [6.07, 6.45) is 2.28. The minimum Gasteiger partial charge on any atom is -0.334 e. The van der Waals surface area contributed by atoms with Crippen LogP contribution in [0.25, 0.3) is 0 Å². The lowest BCUT2D eigenvalue weighted by Gasteiger charge is -2.61. The smallest absolute Gasteiger partial charge is 0.334 e. The largest absolute Gasteiger partial charge is 0.361 e. The number of hydrogen-bond donors (Lipinski definition) is 1. The molecule has 4 aliphatic rings. The minimum absolute atomic E-state index is 0.108. The molecule has 0 aromatic heterocycles. The van der Waals surface area contributed by atoms with Gasteiger partial charge in [-0.15, -0.1) is 0 Å². The molecule has 0 radical (unpaired) electrons. The van der Waals surface area contributed by atoms with Gasteiger partial charge in [0, 0.05) is 11.4 Å². The molecule has 0 amide bonds. The molecule has 3 saturated carbocycles. The molecule has 5 nitrogen and oxygen atoms in total. The predicted molar refractivity (Wildman–Crippen MR) is 103 cm³/mol. The molecule has 1 aromatic carbocycles. The van der Waals surface area contributed by atoms with Gasteiger partial charge in [-0.25, -0.2) is 0 Å². The molecule has 3 aliphatic carbocycles. The van der Waals surface area contributed by atoms with E-state index in [0.717, 1.165) is 12.0 Å². The van der Waals surface area contributed by atoms with E-state index in [4.69, 9.17) is 26.6 Å². The normalized spacial score (nSPS) is 37.2. The third-order valence-corrected chi connectivity index (χ3v) is 7.43. The maximum atomic E-state index is 12.4. The Bertz CT molecular complexity index is 800. The highest BCUT2D eigenvalue weighted by atomic mass is 35.5. The van der Waals surface area contributed by atoms with E-state index in [9.17, 15) is 4.91 Å². The second-order valence-corrected chi connectivity index (χ2v) is 9.21. The number of hydrogen-bond acceptors (Lipinski definition) is 4. The van der Waals surface area contributed by atoms with Crippen LogP contribution in [0.5, 0.6) is 0 Å². The first-order valence-corrected chi connectivity index (χ1v) is 10.0. The zero-order valence-corrected chi connectivity index (χ0v) is 16.7. The first kappa shape index (κ1) is 18.7. The summed E-state index contributed by atoms with van der Waals surface area (Å²) >= 11 is 5.98. The number of benzene rings is 1. The average Bonchev–Trinajstić information content (AvgIpc) is 2.63. The van der Waals surface area contributed by atoms with Gasteiger partial charge in [0.2, 0.25) is 0 Å². The molecule has 0 spiro atoms. The van der Waals surface area contributed by atoms with Gasteiger partial charge in [0.05, 0.1) is 22.8 Å². The molecule has 1 saturated heterocycles. The van der Waals surface area contributed by atoms with Crippen molar-refractivity contribution in [3.8, 4) is 0 Å². The summed E-state index contributed by atoms with van der Waals surface area (Å²) in [7, 11) is 0. The summed E-state index contributed by atoms with van der Waals surface area (Å²) in [5, 5.41) is 8.14. The first-order chi connectivity index (χ1) is 12.8. The topological polar surface area (TPSA) is 62.4 Å². The molecular weight excluding hydrogens is 364 g/mol. The Hall–Kier alpha value is -1.68. The van der Waals surface area contributed by atoms with E-state index in [1.807, 2.05) is 12.1 Å². The monoisotopic (exact) mass is 389 g/mol. The van der Waals surface area contributed by atoms with E-state index in [1.165, 1.54) is 6.42 Å². The molecule has 2 bridgehead atoms. The van der Waals surface area contributed by atoms with Gasteiger partial charge in [-0.3, -0.25) is 5.41 Å². The van der Waals surface area contributed by atoms with Gasteiger partial charge in [-0.1, -0.05) is 44.5 Å². The Morgan fingerprint density at radius 2 is 1.96 bits per heavy atom. The Labute approximate surface area is 164 Å². The standard InChI is InChI=1S/C21H26ClN2O3/c1-12-17-8-14(21(17,2)3)9-19(12)26-20-10-16(18(11-23)24(25)27-20)13-4-6-15(22)7-5-13/h4-7,12,14,16-17,19-20,23H,8-10H2,1-3H3/q+1/t12-,14+,16+,17-,19-,20-/m1/s1. The molecule has 6 heteroatoms. The van der Waals surface area contributed by atoms with Crippen LogP contribution in [0.2, 0.25) is 5.02 Å². The number of fused-ring (bicyclic) bond motifs is 2. The van der Waals surface area contributed by atoms with Gasteiger partial charge >= 0.3 is 5.70 Å². The molecule has 1 N–H and O–H groups in total. The predicted octanol–water partition coefficient (Wildman–Crippen LogP) is 5.08. The van der Waals surface area contributed by atoms with Crippen LogP contribution in [0.4, 0.5) is 0 Å². The molecular formula is C21H26ClN2O3+. The van der Waals surface area contributed by atoms with Crippen LogP contribution in [0.3, 0.4) is 0 Å². The Morgan fingerprint density at radius 3 is 2.56 bits per heavy atom. The molecule has 27 heavy (non-hydrogen) atoms. The minimum atomic E-state index is -0.617. The highest BCUT2D eigenvalue weighted by molar-refractivity contribution is 6.30. The third-order valence-electron chi connectivity index (χ3n) is 7.18. The van der Waals surface area contributed by atoms with Crippen LogP contribution >= 0.6 is 11.6 Å². The highest BCUT2D eigenvalue weighted by Crippen LogP contribution is 2.62. The van der Waals surface area contributed by atoms with Gasteiger partial charge < -0.3 is 4.74 Å². The van der Waals surface area contributed by atoms with Crippen molar-refractivity contribution in [1.29, 1.82) is 5.41 Å². The summed E-state index contributed by atoms with van der Waals surface area (Å²) in [6.45, 7) is 6.96. The van der Waals surface area contributed by atoms with Crippen molar-refractivity contribution >= 4 is 17.5 Å². The highest BCUT2D eigenvalue weighted by Gasteiger charge is 2.57. The summed E-state index contributed by atoms with van der Waals surface area (Å²) in [5.74, 6) is 3.74. The zero-order chi connectivity index (χ0) is 19.3. The second kappa shape index (κ2) is 6.73. The average molecular weight is 390 g/mol. The van der Waals surface area contributed by atoms with Crippen molar-refractivity contribution in [3.63, 3.8) is 0 Å². The van der Waals surface area contributed by atoms with Gasteiger partial charge in [-0.05, 0) is 53.7 Å². The Morgan fingerprint density at radius 1 is 1.26 bits per heavy atom. The second-order valence-electron chi connectivity index (χ2n) is 8.77. The van der Waals surface area contributed by atoms with Gasteiger partial charge in [0.15, 0.2) is 0 Å². The number of ether oxygens (including phenoxy) is 1. The molecule has 1 aliphatic heterocycles. The lowest BCUT2D eigenvalue weighted by Crippen LogP contribution is -2.58. The van der Waals surface area contributed by atoms with Crippen LogP contribution < -0.4 is 0 Å². The van der Waals surface area contributed by atoms with Gasteiger partial charge in [-0.2, -0.15) is 4.84 Å². The first-order valence-electron chi connectivity index (χ1n) is 9.65. The Balaban J connectivity index is 1.50. The summed E-state index contributed by atoms with van der Waals surface area (Å²) in [4.78, 5) is 18.2. The molecule has 4 fully saturated rings. The molecule has 0 unspecified atom stereocenters. The van der Waals surface area contributed by atoms with Crippen molar-refractivity contribution in [2.45, 2.75) is 58.3 Å². The van der Waals surface area contributed by atoms with Crippen molar-refractivity contribution in [1.82, 2.24) is 0 Å². The number of rotatable bonds is 3. The summed E-state index contributed by atoms with van der Waals surface area (Å²) < 4.78 is 6.29. The number of halogens is 1. The molecule has 1 aromatic rings. The van der Waals surface area contributed by atoms with E-state index >= 15 is 0 Å². The fraction of sp³-hybridized carbons (Fsp3) is 0.619. The zero-order valence-electron chi connectivity index (χ0n) is 15.9. The third kappa shape index (κ3) is 3.12. The number of nitrogens with one attached hydrogen (secondary N) is 1. The van der Waals surface area contributed by atoms with E-state index < -0.39 is 6.29 Å². The fourth-order valence-corrected chi connectivity index (χ4v) is 5.44. The summed E-state index contributed by atoms with van der Waals surface area (Å²) in [5.41, 5.74) is 1.46. The van der Waals surface area contributed by atoms with Crippen LogP contribution in [-0.4, -0.2) is 23.2 Å². The molecule has 6 atom stereocenters. The van der Waals surface area contributed by atoms with Crippen molar-refractivity contribution < 1.29 is 14.5 Å². The van der Waals surface area contributed by atoms with Crippen molar-refractivity contribution in [2.24, 2.45) is 23.2 Å². The lowest BCUT2D eigenvalue weighted by molar-refractivity contribution is -0.802. The van der Waals surface area contributed by atoms with E-state index in [2.05, 4.69) is 26.6 Å². The van der Waals surface area contributed by atoms with Crippen LogP contribution in [-0.2, 0) is 9.57 Å². The van der Waals surface area contributed by atoms with Crippen LogP contribution in [0, 0.1) is 33.5 Å². The maximum Gasteiger partial charge on any atom is 0.361 e.